The zero-order chi connectivity index (χ0) is 31.1. The molecule has 0 aromatic carbocycles. The molecular formula is C39H56O3. The fourth-order valence-corrected chi connectivity index (χ4v) is 7.87. The fourth-order valence-electron chi connectivity index (χ4n) is 7.87. The van der Waals surface area contributed by atoms with E-state index >= 15 is 0 Å². The summed E-state index contributed by atoms with van der Waals surface area (Å²) in [6.07, 6.45) is 25.4. The first-order valence-corrected chi connectivity index (χ1v) is 16.3. The smallest absolute Gasteiger partial charge is 0.317 e. The minimum absolute atomic E-state index is 0.212. The van der Waals surface area contributed by atoms with E-state index in [0.717, 1.165) is 48.9 Å². The first-order valence-electron chi connectivity index (χ1n) is 16.3. The largest absolute Gasteiger partial charge is 0.488 e. The molecule has 4 aliphatic carbocycles. The van der Waals surface area contributed by atoms with Crippen LogP contribution in [0.2, 0.25) is 0 Å². The second kappa shape index (κ2) is 14.1. The standard InChI is InChI=1S/C39H56O3/c1-11-30(19-21-34(13-3)41-36(40)37(9,15-5)16-6)39(32-24-28-23-29(26-32)27-33(39)25-28)31(12-2)20-22-35(14-4)42-38(10,17-7)18-8/h11-14,19-22,28-29,32-33H,1-4,15-18,23-27H2,5-10H3/b30-19+,31-20+,34-21+,35-22+. The lowest BCUT2D eigenvalue weighted by Gasteiger charge is -2.62. The molecule has 0 radical (unpaired) electrons. The average Bonchev–Trinajstić information content (AvgIpc) is 3.00. The molecule has 0 N–H and O–H groups in total. The number of carbonyl (C=O) groups excluding carboxylic acids is 1. The molecule has 42 heavy (non-hydrogen) atoms. The van der Waals surface area contributed by atoms with Crippen molar-refractivity contribution in [3.8, 4) is 0 Å². The molecule has 230 valence electrons. The normalized spacial score (nSPS) is 28.3. The van der Waals surface area contributed by atoms with Crippen molar-refractivity contribution in [2.75, 3.05) is 0 Å². The van der Waals surface area contributed by atoms with Crippen LogP contribution in [0.1, 0.15) is 99.3 Å². The molecule has 4 saturated carbocycles. The van der Waals surface area contributed by atoms with E-state index in [1.807, 2.05) is 45.1 Å². The van der Waals surface area contributed by atoms with Crippen molar-refractivity contribution in [1.82, 2.24) is 0 Å². The Morgan fingerprint density at radius 2 is 1.14 bits per heavy atom. The molecule has 4 fully saturated rings. The van der Waals surface area contributed by atoms with Crippen LogP contribution in [-0.4, -0.2) is 11.6 Å². The maximum Gasteiger partial charge on any atom is 0.317 e. The van der Waals surface area contributed by atoms with Gasteiger partial charge in [0.15, 0.2) is 0 Å². The van der Waals surface area contributed by atoms with E-state index in [0.29, 0.717) is 17.6 Å². The number of hydrogen-bond donors (Lipinski definition) is 0. The molecule has 0 spiro atoms. The van der Waals surface area contributed by atoms with Gasteiger partial charge in [0, 0.05) is 5.41 Å². The van der Waals surface area contributed by atoms with Gasteiger partial charge in [0.2, 0.25) is 0 Å². The van der Waals surface area contributed by atoms with Gasteiger partial charge in [0.25, 0.3) is 0 Å². The van der Waals surface area contributed by atoms with Crippen molar-refractivity contribution >= 4 is 5.97 Å². The maximum atomic E-state index is 13.0. The molecule has 3 heteroatoms. The summed E-state index contributed by atoms with van der Waals surface area (Å²) in [5, 5.41) is 0. The number of rotatable bonds is 16. The van der Waals surface area contributed by atoms with Gasteiger partial charge in [0.05, 0.1) is 5.41 Å². The monoisotopic (exact) mass is 572 g/mol. The van der Waals surface area contributed by atoms with E-state index in [1.54, 1.807) is 6.08 Å². The average molecular weight is 573 g/mol. The Kier molecular flexibility index (Phi) is 11.3. The minimum Gasteiger partial charge on any atom is -0.488 e. The second-order valence-electron chi connectivity index (χ2n) is 13.3. The Hall–Kier alpha value is -2.81. The summed E-state index contributed by atoms with van der Waals surface area (Å²) in [6.45, 7) is 29.1. The highest BCUT2D eigenvalue weighted by Crippen LogP contribution is 2.67. The third-order valence-electron chi connectivity index (χ3n) is 11.2. The Labute approximate surface area is 256 Å². The third kappa shape index (κ3) is 6.56. The van der Waals surface area contributed by atoms with Gasteiger partial charge < -0.3 is 9.47 Å². The van der Waals surface area contributed by atoms with Gasteiger partial charge in [-0.2, -0.15) is 0 Å². The topological polar surface area (TPSA) is 35.5 Å². The Balaban J connectivity index is 2.12. The fraction of sp³-hybridized carbons (Fsp3) is 0.564. The molecule has 4 aliphatic rings. The number of hydrogen-bond acceptors (Lipinski definition) is 3. The van der Waals surface area contributed by atoms with Crippen LogP contribution in [-0.2, 0) is 14.3 Å². The van der Waals surface area contributed by atoms with Gasteiger partial charge in [-0.25, -0.2) is 0 Å². The van der Waals surface area contributed by atoms with Crippen molar-refractivity contribution in [2.24, 2.45) is 34.5 Å². The maximum absolute atomic E-state index is 13.0. The van der Waals surface area contributed by atoms with Crippen LogP contribution in [0.5, 0.6) is 0 Å². The van der Waals surface area contributed by atoms with Crippen LogP contribution in [0.4, 0.5) is 0 Å². The van der Waals surface area contributed by atoms with E-state index < -0.39 is 5.41 Å². The quantitative estimate of drug-likeness (QED) is 0.105. The number of ether oxygens (including phenoxy) is 2. The molecule has 3 nitrogen and oxygen atoms in total. The lowest BCUT2D eigenvalue weighted by atomic mass is 9.41. The molecule has 0 saturated heterocycles. The van der Waals surface area contributed by atoms with E-state index in [2.05, 4.69) is 65.3 Å². The summed E-state index contributed by atoms with van der Waals surface area (Å²) in [5.74, 6) is 3.65. The number of carbonyl (C=O) groups is 1. The molecule has 0 aromatic rings. The van der Waals surface area contributed by atoms with Crippen LogP contribution in [0.15, 0.2) is 97.6 Å². The van der Waals surface area contributed by atoms with Crippen LogP contribution in [0.25, 0.3) is 0 Å². The van der Waals surface area contributed by atoms with Crippen LogP contribution < -0.4 is 0 Å². The molecule has 4 rings (SSSR count). The zero-order valence-corrected chi connectivity index (χ0v) is 27.3. The molecule has 0 atom stereocenters. The van der Waals surface area contributed by atoms with Gasteiger partial charge in [-0.1, -0.05) is 78.3 Å². The highest BCUT2D eigenvalue weighted by Gasteiger charge is 2.59. The van der Waals surface area contributed by atoms with E-state index in [4.69, 9.17) is 9.47 Å². The molecule has 0 heterocycles. The summed E-state index contributed by atoms with van der Waals surface area (Å²) in [5.41, 5.74) is 1.40. The van der Waals surface area contributed by atoms with Gasteiger partial charge >= 0.3 is 5.97 Å². The van der Waals surface area contributed by atoms with Crippen molar-refractivity contribution in [3.05, 3.63) is 97.6 Å². The SMILES string of the molecule is C=C/C(=C\C=C(/C=C)C1(/C(C=C)=C/C=C(\C=C)OC(C)(CC)CC)C2CC3CC(C2)CC1C3)OC(=O)C(C)(CC)CC. The molecule has 0 aromatic heterocycles. The molecule has 4 bridgehead atoms. The van der Waals surface area contributed by atoms with Crippen molar-refractivity contribution in [1.29, 1.82) is 0 Å². The molecule has 0 unspecified atom stereocenters. The Morgan fingerprint density at radius 1 is 0.690 bits per heavy atom. The lowest BCUT2D eigenvalue weighted by molar-refractivity contribution is -0.150. The predicted molar refractivity (Wildman–Crippen MR) is 177 cm³/mol. The van der Waals surface area contributed by atoms with Crippen molar-refractivity contribution in [2.45, 2.75) is 105 Å². The minimum atomic E-state index is -0.517. The number of allylic oxidation sites excluding steroid dienone is 10. The van der Waals surface area contributed by atoms with Gasteiger partial charge in [-0.15, -0.1) is 0 Å². The Bertz CT molecular complexity index is 1120. The molecular weight excluding hydrogens is 516 g/mol. The summed E-state index contributed by atoms with van der Waals surface area (Å²) < 4.78 is 12.3. The summed E-state index contributed by atoms with van der Waals surface area (Å²) in [4.78, 5) is 13.0. The lowest BCUT2D eigenvalue weighted by Crippen LogP contribution is -2.54. The summed E-state index contributed by atoms with van der Waals surface area (Å²) in [6, 6.07) is 0. The van der Waals surface area contributed by atoms with Crippen LogP contribution in [0.3, 0.4) is 0 Å². The van der Waals surface area contributed by atoms with Gasteiger partial charge in [0.1, 0.15) is 17.1 Å². The summed E-state index contributed by atoms with van der Waals surface area (Å²) in [7, 11) is 0. The third-order valence-corrected chi connectivity index (χ3v) is 11.2. The van der Waals surface area contributed by atoms with Crippen LogP contribution >= 0.6 is 0 Å². The molecule has 0 amide bonds. The van der Waals surface area contributed by atoms with E-state index in [-0.39, 0.29) is 17.0 Å². The Morgan fingerprint density at radius 3 is 1.52 bits per heavy atom. The highest BCUT2D eigenvalue weighted by molar-refractivity contribution is 5.77. The summed E-state index contributed by atoms with van der Waals surface area (Å²) >= 11 is 0. The molecule has 0 aliphatic heterocycles. The first-order chi connectivity index (χ1) is 20.0. The number of esters is 1. The zero-order valence-electron chi connectivity index (χ0n) is 27.3. The first kappa shape index (κ1) is 33.7. The van der Waals surface area contributed by atoms with E-state index in [1.165, 1.54) is 37.7 Å². The van der Waals surface area contributed by atoms with Gasteiger partial charge in [-0.3, -0.25) is 4.79 Å². The second-order valence-corrected chi connectivity index (χ2v) is 13.3. The van der Waals surface area contributed by atoms with Crippen molar-refractivity contribution < 1.29 is 14.3 Å². The van der Waals surface area contributed by atoms with E-state index in [9.17, 15) is 4.79 Å². The highest BCUT2D eigenvalue weighted by atomic mass is 16.5. The van der Waals surface area contributed by atoms with Crippen LogP contribution in [0, 0.1) is 34.5 Å². The predicted octanol–water partition coefficient (Wildman–Crippen LogP) is 10.8. The van der Waals surface area contributed by atoms with Gasteiger partial charge in [-0.05, 0) is 131 Å². The van der Waals surface area contributed by atoms with Crippen molar-refractivity contribution in [3.63, 3.8) is 0 Å².